The molecule has 1 aliphatic heterocycles. The first kappa shape index (κ1) is 25.2. The minimum atomic E-state index is -0.481. The summed E-state index contributed by atoms with van der Waals surface area (Å²) in [6.07, 6.45) is 0. The smallest absolute Gasteiger partial charge is 0.229 e. The molecule has 1 aliphatic rings. The number of Topliss-reactive ketones (excluding diaryl/α,β-unsaturated/α-hetero) is 1. The SMILES string of the molecule is CC(C)Cn1c(SC(C)C(=O)c2ccc(NC(=O)C(C)(C)C)cc2)nnc1N1CCOCC1. The number of benzene rings is 1. The van der Waals surface area contributed by atoms with E-state index in [2.05, 4.69) is 38.8 Å². The lowest BCUT2D eigenvalue weighted by Crippen LogP contribution is -2.38. The van der Waals surface area contributed by atoms with Gasteiger partial charge in [-0.15, -0.1) is 10.2 Å². The Morgan fingerprint density at radius 2 is 1.73 bits per heavy atom. The van der Waals surface area contributed by atoms with Gasteiger partial charge in [0.25, 0.3) is 0 Å². The molecule has 2 heterocycles. The van der Waals surface area contributed by atoms with Crippen LogP contribution in [0.2, 0.25) is 0 Å². The second-order valence-corrected chi connectivity index (χ2v) is 11.1. The molecule has 0 saturated carbocycles. The summed E-state index contributed by atoms with van der Waals surface area (Å²) >= 11 is 1.43. The Kier molecular flexibility index (Phi) is 8.18. The topological polar surface area (TPSA) is 89.3 Å². The van der Waals surface area contributed by atoms with Gasteiger partial charge in [0.05, 0.1) is 18.5 Å². The number of hydrogen-bond donors (Lipinski definition) is 1. The predicted octanol–water partition coefficient (Wildman–Crippen LogP) is 4.12. The van der Waals surface area contributed by atoms with E-state index in [1.807, 2.05) is 27.7 Å². The molecule has 9 heteroatoms. The Morgan fingerprint density at radius 1 is 1.09 bits per heavy atom. The average molecular weight is 474 g/mol. The Balaban J connectivity index is 1.71. The molecule has 1 aromatic heterocycles. The first-order valence-corrected chi connectivity index (χ1v) is 12.3. The number of morpholine rings is 1. The zero-order valence-corrected chi connectivity index (χ0v) is 21.2. The molecule has 3 rings (SSSR count). The lowest BCUT2D eigenvalue weighted by atomic mass is 9.95. The molecule has 1 saturated heterocycles. The molecular weight excluding hydrogens is 438 g/mol. The zero-order valence-electron chi connectivity index (χ0n) is 20.4. The van der Waals surface area contributed by atoms with Crippen LogP contribution in [0.25, 0.3) is 0 Å². The Labute approximate surface area is 200 Å². The first-order chi connectivity index (χ1) is 15.6. The molecule has 0 aliphatic carbocycles. The largest absolute Gasteiger partial charge is 0.378 e. The van der Waals surface area contributed by atoms with Crippen molar-refractivity contribution in [2.24, 2.45) is 11.3 Å². The van der Waals surface area contributed by atoms with Crippen molar-refractivity contribution < 1.29 is 14.3 Å². The number of nitrogens with one attached hydrogen (secondary N) is 1. The van der Waals surface area contributed by atoms with Crippen molar-refractivity contribution in [3.05, 3.63) is 29.8 Å². The van der Waals surface area contributed by atoms with E-state index in [1.165, 1.54) is 11.8 Å². The third-order valence-electron chi connectivity index (χ3n) is 5.30. The van der Waals surface area contributed by atoms with E-state index in [9.17, 15) is 9.59 Å². The monoisotopic (exact) mass is 473 g/mol. The fourth-order valence-electron chi connectivity index (χ4n) is 3.37. The summed E-state index contributed by atoms with van der Waals surface area (Å²) in [5, 5.41) is 12.2. The van der Waals surface area contributed by atoms with Gasteiger partial charge in [-0.3, -0.25) is 14.2 Å². The van der Waals surface area contributed by atoms with Crippen LogP contribution in [0.4, 0.5) is 11.6 Å². The molecular formula is C24H35N5O3S. The van der Waals surface area contributed by atoms with Gasteiger partial charge in [0.2, 0.25) is 11.9 Å². The summed E-state index contributed by atoms with van der Waals surface area (Å²) in [6, 6.07) is 7.06. The van der Waals surface area contributed by atoms with Gasteiger partial charge in [-0.25, -0.2) is 0 Å². The molecule has 0 spiro atoms. The number of nitrogens with zero attached hydrogens (tertiary/aromatic N) is 4. The molecule has 1 unspecified atom stereocenters. The Bertz CT molecular complexity index is 959. The predicted molar refractivity (Wildman–Crippen MR) is 132 cm³/mol. The quantitative estimate of drug-likeness (QED) is 0.456. The number of hydrogen-bond acceptors (Lipinski definition) is 7. The highest BCUT2D eigenvalue weighted by atomic mass is 32.2. The van der Waals surface area contributed by atoms with Gasteiger partial charge in [0.1, 0.15) is 0 Å². The van der Waals surface area contributed by atoms with Gasteiger partial charge in [-0.1, -0.05) is 46.4 Å². The van der Waals surface area contributed by atoms with Crippen LogP contribution in [-0.2, 0) is 16.1 Å². The van der Waals surface area contributed by atoms with Gasteiger partial charge in [0, 0.05) is 36.3 Å². The van der Waals surface area contributed by atoms with Gasteiger partial charge in [-0.2, -0.15) is 0 Å². The van der Waals surface area contributed by atoms with Crippen LogP contribution < -0.4 is 10.2 Å². The number of aromatic nitrogens is 3. The van der Waals surface area contributed by atoms with E-state index in [-0.39, 0.29) is 16.9 Å². The Morgan fingerprint density at radius 3 is 2.30 bits per heavy atom. The van der Waals surface area contributed by atoms with Crippen LogP contribution in [0.15, 0.2) is 29.4 Å². The van der Waals surface area contributed by atoms with Gasteiger partial charge in [-0.05, 0) is 37.1 Å². The highest BCUT2D eigenvalue weighted by Crippen LogP contribution is 2.29. The van der Waals surface area contributed by atoms with Crippen LogP contribution in [0, 0.1) is 11.3 Å². The normalized spacial score (nSPS) is 15.5. The number of ether oxygens (including phenoxy) is 1. The van der Waals surface area contributed by atoms with E-state index in [0.29, 0.717) is 30.4 Å². The number of carbonyl (C=O) groups excluding carboxylic acids is 2. The minimum absolute atomic E-state index is 0.0146. The minimum Gasteiger partial charge on any atom is -0.378 e. The lowest BCUT2D eigenvalue weighted by Gasteiger charge is -2.28. The van der Waals surface area contributed by atoms with Crippen LogP contribution in [0.1, 0.15) is 51.9 Å². The maximum Gasteiger partial charge on any atom is 0.229 e. The van der Waals surface area contributed by atoms with E-state index in [0.717, 1.165) is 30.7 Å². The second-order valence-electron chi connectivity index (χ2n) is 9.79. The summed E-state index contributed by atoms with van der Waals surface area (Å²) < 4.78 is 7.59. The molecule has 180 valence electrons. The van der Waals surface area contributed by atoms with Crippen molar-refractivity contribution in [3.8, 4) is 0 Å². The first-order valence-electron chi connectivity index (χ1n) is 11.4. The maximum absolute atomic E-state index is 13.1. The maximum atomic E-state index is 13.1. The number of amides is 1. The third kappa shape index (κ3) is 6.57. The molecule has 2 aromatic rings. The van der Waals surface area contributed by atoms with Crippen LogP contribution in [0.3, 0.4) is 0 Å². The zero-order chi connectivity index (χ0) is 24.2. The van der Waals surface area contributed by atoms with Crippen LogP contribution >= 0.6 is 11.8 Å². The number of anilines is 2. The molecule has 1 fully saturated rings. The van der Waals surface area contributed by atoms with Gasteiger partial charge in [0.15, 0.2) is 10.9 Å². The molecule has 0 radical (unpaired) electrons. The summed E-state index contributed by atoms with van der Waals surface area (Å²) in [5.74, 6) is 1.21. The third-order valence-corrected chi connectivity index (χ3v) is 6.38. The van der Waals surface area contributed by atoms with Crippen LogP contribution in [-0.4, -0.2) is 58.0 Å². The summed E-state index contributed by atoms with van der Waals surface area (Å²) in [7, 11) is 0. The molecule has 0 bridgehead atoms. The molecule has 8 nitrogen and oxygen atoms in total. The van der Waals surface area contributed by atoms with Crippen molar-refractivity contribution in [1.29, 1.82) is 0 Å². The molecule has 1 atom stereocenters. The Hall–Kier alpha value is -2.39. The summed E-state index contributed by atoms with van der Waals surface area (Å²) in [6.45, 7) is 15.5. The van der Waals surface area contributed by atoms with Crippen molar-refractivity contribution in [2.75, 3.05) is 36.5 Å². The second kappa shape index (κ2) is 10.7. The van der Waals surface area contributed by atoms with E-state index < -0.39 is 5.41 Å². The van der Waals surface area contributed by atoms with Crippen LogP contribution in [0.5, 0.6) is 0 Å². The number of rotatable bonds is 8. The molecule has 1 amide bonds. The van der Waals surface area contributed by atoms with Gasteiger partial charge < -0.3 is 15.0 Å². The summed E-state index contributed by atoms with van der Waals surface area (Å²) in [4.78, 5) is 27.5. The van der Waals surface area contributed by atoms with E-state index >= 15 is 0 Å². The fourth-order valence-corrected chi connectivity index (χ4v) is 4.30. The van der Waals surface area contributed by atoms with Crippen molar-refractivity contribution in [2.45, 2.75) is 58.5 Å². The molecule has 33 heavy (non-hydrogen) atoms. The molecule has 1 N–H and O–H groups in total. The molecule has 1 aromatic carbocycles. The highest BCUT2D eigenvalue weighted by Gasteiger charge is 2.25. The summed E-state index contributed by atoms with van der Waals surface area (Å²) in [5.41, 5.74) is 0.803. The van der Waals surface area contributed by atoms with Crippen molar-refractivity contribution in [3.63, 3.8) is 0 Å². The number of carbonyl (C=O) groups is 2. The number of thioether (sulfide) groups is 1. The van der Waals surface area contributed by atoms with Gasteiger partial charge >= 0.3 is 0 Å². The average Bonchev–Trinajstić information content (AvgIpc) is 3.15. The fraction of sp³-hybridized carbons (Fsp3) is 0.583. The van der Waals surface area contributed by atoms with E-state index in [4.69, 9.17) is 4.74 Å². The highest BCUT2D eigenvalue weighted by molar-refractivity contribution is 8.00. The van der Waals surface area contributed by atoms with Crippen molar-refractivity contribution in [1.82, 2.24) is 14.8 Å². The lowest BCUT2D eigenvalue weighted by molar-refractivity contribution is -0.123. The standard InChI is InChI=1S/C24H35N5O3S/c1-16(2)15-29-22(28-11-13-32-14-12-28)26-27-23(29)33-17(3)20(30)18-7-9-19(10-8-18)25-21(31)24(4,5)6/h7-10,16-17H,11-15H2,1-6H3,(H,25,31). The van der Waals surface area contributed by atoms with Crippen molar-refractivity contribution >= 4 is 35.1 Å². The number of ketones is 1. The van der Waals surface area contributed by atoms with E-state index in [1.54, 1.807) is 24.3 Å².